The first kappa shape index (κ1) is 24.4. The van der Waals surface area contributed by atoms with E-state index in [1.54, 1.807) is 41.9 Å². The molecule has 0 aliphatic carbocycles. The molecule has 10 nitrogen and oxygen atoms in total. The van der Waals surface area contributed by atoms with Crippen LogP contribution in [0.2, 0.25) is 0 Å². The monoisotopic (exact) mass is 504 g/mol. The number of halogens is 1. The highest BCUT2D eigenvalue weighted by molar-refractivity contribution is 5.97. The van der Waals surface area contributed by atoms with E-state index < -0.39 is 18.1 Å². The highest BCUT2D eigenvalue weighted by atomic mass is 19.1. The molecule has 37 heavy (non-hydrogen) atoms. The van der Waals surface area contributed by atoms with Crippen LogP contribution in [0.25, 0.3) is 10.9 Å². The van der Waals surface area contributed by atoms with E-state index in [0.717, 1.165) is 5.39 Å². The molecular formula is C26H25FN6O4. The van der Waals surface area contributed by atoms with E-state index in [1.165, 1.54) is 17.0 Å². The van der Waals surface area contributed by atoms with Crippen molar-refractivity contribution in [2.24, 2.45) is 0 Å². The molecule has 0 radical (unpaired) electrons. The number of fused-ring (bicyclic) bond motifs is 2. The first-order valence-corrected chi connectivity index (χ1v) is 11.9. The van der Waals surface area contributed by atoms with Crippen LogP contribution in [-0.2, 0) is 11.3 Å². The van der Waals surface area contributed by atoms with Crippen molar-refractivity contribution < 1.29 is 18.7 Å². The van der Waals surface area contributed by atoms with Gasteiger partial charge in [-0.15, -0.1) is 0 Å². The molecule has 190 valence electrons. The van der Waals surface area contributed by atoms with E-state index in [-0.39, 0.29) is 36.1 Å². The first-order chi connectivity index (χ1) is 17.8. The van der Waals surface area contributed by atoms with Gasteiger partial charge in [-0.2, -0.15) is 5.26 Å². The number of alkyl halides is 1. The number of rotatable bonds is 5. The minimum atomic E-state index is -1.29. The largest absolute Gasteiger partial charge is 0.480 e. The Morgan fingerprint density at radius 3 is 2.84 bits per heavy atom. The van der Waals surface area contributed by atoms with Gasteiger partial charge in [0.25, 0.3) is 17.4 Å². The SMILES string of the molecule is CN(C(=O)c1ccc2c(n1)NC(=O)CO2)C1CCN(CCn2c(=O)ccc3ccc(C#N)cc32)CC1F. The Kier molecular flexibility index (Phi) is 6.58. The number of pyridine rings is 2. The quantitative estimate of drug-likeness (QED) is 0.562. The van der Waals surface area contributed by atoms with E-state index in [1.807, 2.05) is 4.90 Å². The van der Waals surface area contributed by atoms with E-state index in [4.69, 9.17) is 4.74 Å². The van der Waals surface area contributed by atoms with Crippen LogP contribution in [-0.4, -0.2) is 76.7 Å². The molecule has 5 rings (SSSR count). The molecule has 1 N–H and O–H groups in total. The van der Waals surface area contributed by atoms with Crippen molar-refractivity contribution in [2.75, 3.05) is 38.6 Å². The topological polar surface area (TPSA) is 121 Å². The number of nitrogens with one attached hydrogen (secondary N) is 1. The number of hydrogen-bond acceptors (Lipinski definition) is 7. The molecule has 2 amide bonds. The minimum absolute atomic E-state index is 0.0914. The average molecular weight is 505 g/mol. The Hall–Kier alpha value is -4.30. The lowest BCUT2D eigenvalue weighted by Crippen LogP contribution is -2.53. The predicted molar refractivity (Wildman–Crippen MR) is 133 cm³/mol. The van der Waals surface area contributed by atoms with Gasteiger partial charge in [0.1, 0.15) is 11.9 Å². The number of hydrogen-bond donors (Lipinski definition) is 1. The van der Waals surface area contributed by atoms with E-state index >= 15 is 4.39 Å². The predicted octanol–water partition coefficient (Wildman–Crippen LogP) is 1.78. The molecule has 3 aromatic rings. The second-order valence-electron chi connectivity index (χ2n) is 9.18. The summed E-state index contributed by atoms with van der Waals surface area (Å²) in [5, 5.41) is 12.6. The number of amides is 2. The van der Waals surface area contributed by atoms with Gasteiger partial charge in [-0.25, -0.2) is 9.37 Å². The Labute approximate surface area is 211 Å². The van der Waals surface area contributed by atoms with Gasteiger partial charge in [-0.1, -0.05) is 6.07 Å². The number of likely N-dealkylation sites (tertiary alicyclic amines) is 1. The van der Waals surface area contributed by atoms with Crippen LogP contribution in [0.3, 0.4) is 0 Å². The molecule has 1 aromatic carbocycles. The number of benzene rings is 1. The lowest BCUT2D eigenvalue weighted by molar-refractivity contribution is -0.118. The third-order valence-electron chi connectivity index (χ3n) is 6.86. The maximum Gasteiger partial charge on any atom is 0.272 e. The van der Waals surface area contributed by atoms with Crippen LogP contribution < -0.4 is 15.6 Å². The number of nitriles is 1. The molecule has 2 unspecified atom stereocenters. The normalized spacial score (nSPS) is 19.4. The summed E-state index contributed by atoms with van der Waals surface area (Å²) in [4.78, 5) is 44.6. The fraction of sp³-hybridized carbons (Fsp3) is 0.346. The van der Waals surface area contributed by atoms with E-state index in [9.17, 15) is 19.6 Å². The third kappa shape index (κ3) is 4.88. The van der Waals surface area contributed by atoms with Gasteiger partial charge in [0, 0.05) is 39.3 Å². The fourth-order valence-corrected chi connectivity index (χ4v) is 4.84. The van der Waals surface area contributed by atoms with Crippen LogP contribution in [0.5, 0.6) is 5.75 Å². The fourth-order valence-electron chi connectivity index (χ4n) is 4.84. The minimum Gasteiger partial charge on any atom is -0.480 e. The number of anilines is 1. The molecule has 0 spiro atoms. The van der Waals surface area contributed by atoms with Gasteiger partial charge < -0.3 is 19.5 Å². The van der Waals surface area contributed by atoms with E-state index in [0.29, 0.717) is 42.9 Å². The van der Waals surface area contributed by atoms with Crippen molar-refractivity contribution in [1.82, 2.24) is 19.4 Å². The summed E-state index contributed by atoms with van der Waals surface area (Å²) < 4.78 is 22.1. The number of carbonyl (C=O) groups is 2. The lowest BCUT2D eigenvalue weighted by atomic mass is 10.0. The third-order valence-corrected chi connectivity index (χ3v) is 6.86. The second kappa shape index (κ2) is 9.99. The van der Waals surface area contributed by atoms with E-state index in [2.05, 4.69) is 16.4 Å². The molecule has 0 bridgehead atoms. The van der Waals surface area contributed by atoms with Gasteiger partial charge in [-0.05, 0) is 42.1 Å². The molecule has 1 fully saturated rings. The zero-order valence-electron chi connectivity index (χ0n) is 20.2. The molecule has 1 saturated heterocycles. The van der Waals surface area contributed by atoms with Crippen LogP contribution in [0.15, 0.2) is 47.3 Å². The molecule has 2 aliphatic heterocycles. The first-order valence-electron chi connectivity index (χ1n) is 11.9. The van der Waals surface area contributed by atoms with Crippen LogP contribution in [0, 0.1) is 11.3 Å². The lowest BCUT2D eigenvalue weighted by Gasteiger charge is -2.39. The number of ether oxygens (including phenoxy) is 1. The van der Waals surface area contributed by atoms with Gasteiger partial charge in [-0.3, -0.25) is 19.3 Å². The molecule has 4 heterocycles. The smallest absolute Gasteiger partial charge is 0.272 e. The summed E-state index contributed by atoms with van der Waals surface area (Å²) in [6, 6.07) is 12.9. The Bertz CT molecular complexity index is 1480. The molecule has 0 saturated carbocycles. The van der Waals surface area contributed by atoms with Crippen molar-refractivity contribution in [2.45, 2.75) is 25.2 Å². The maximum atomic E-state index is 15.3. The highest BCUT2D eigenvalue weighted by Gasteiger charge is 2.35. The summed E-state index contributed by atoms with van der Waals surface area (Å²) in [6.45, 7) is 1.36. The van der Waals surface area contributed by atoms with Crippen molar-refractivity contribution in [3.63, 3.8) is 0 Å². The van der Waals surface area contributed by atoms with Crippen molar-refractivity contribution in [3.05, 3.63) is 64.1 Å². The van der Waals surface area contributed by atoms with Crippen molar-refractivity contribution >= 4 is 28.5 Å². The van der Waals surface area contributed by atoms with Crippen LogP contribution in [0.4, 0.5) is 10.2 Å². The molecule has 11 heteroatoms. The number of carbonyl (C=O) groups excluding carboxylic acids is 2. The van der Waals surface area contributed by atoms with Crippen LogP contribution >= 0.6 is 0 Å². The van der Waals surface area contributed by atoms with Crippen molar-refractivity contribution in [1.29, 1.82) is 5.26 Å². The number of nitrogens with zero attached hydrogens (tertiary/aromatic N) is 5. The van der Waals surface area contributed by atoms with Gasteiger partial charge >= 0.3 is 0 Å². The average Bonchev–Trinajstić information content (AvgIpc) is 2.91. The van der Waals surface area contributed by atoms with Gasteiger partial charge in [0.2, 0.25) is 0 Å². The summed E-state index contributed by atoms with van der Waals surface area (Å²) in [7, 11) is 1.55. The second-order valence-corrected chi connectivity index (χ2v) is 9.18. The van der Waals surface area contributed by atoms with Gasteiger partial charge in [0.05, 0.1) is 23.2 Å². The molecular weight excluding hydrogens is 479 g/mol. The Balaban J connectivity index is 1.23. The highest BCUT2D eigenvalue weighted by Crippen LogP contribution is 2.27. The zero-order chi connectivity index (χ0) is 26.1. The summed E-state index contributed by atoms with van der Waals surface area (Å²) >= 11 is 0. The standard InChI is InChI=1S/C26H25FN6O4/c1-31(26(36)19-5-6-22-25(29-19)30-23(34)15-37-22)20-8-9-32(14-18(20)27)10-11-33-21-12-16(13-28)2-3-17(21)4-7-24(33)35/h2-7,12,18,20H,8-11,14-15H2,1H3,(H,29,30,34). The number of aromatic nitrogens is 2. The van der Waals surface area contributed by atoms with Crippen molar-refractivity contribution in [3.8, 4) is 11.8 Å². The molecule has 2 aliphatic rings. The number of piperidine rings is 1. The maximum absolute atomic E-state index is 15.3. The summed E-state index contributed by atoms with van der Waals surface area (Å²) in [5.74, 6) is -0.248. The van der Waals surface area contributed by atoms with Gasteiger partial charge in [0.15, 0.2) is 18.2 Å². The zero-order valence-corrected chi connectivity index (χ0v) is 20.2. The molecule has 2 atom stereocenters. The van der Waals surface area contributed by atoms with Crippen LogP contribution in [0.1, 0.15) is 22.5 Å². The Morgan fingerprint density at radius 2 is 2.05 bits per heavy atom. The summed E-state index contributed by atoms with van der Waals surface area (Å²) in [5.41, 5.74) is 1.04. The molecule has 2 aromatic heterocycles. The Morgan fingerprint density at radius 1 is 1.24 bits per heavy atom. The summed E-state index contributed by atoms with van der Waals surface area (Å²) in [6.07, 6.45) is -0.880.